The van der Waals surface area contributed by atoms with E-state index in [2.05, 4.69) is 27.0 Å². The summed E-state index contributed by atoms with van der Waals surface area (Å²) < 4.78 is 0.947. The summed E-state index contributed by atoms with van der Waals surface area (Å²) in [6.07, 6.45) is 3.32. The number of rotatable bonds is 0. The molecule has 1 aromatic heterocycles. The minimum absolute atomic E-state index is 0.947. The van der Waals surface area contributed by atoms with Gasteiger partial charge in [-0.3, -0.25) is 4.98 Å². The number of hydrogen-bond donors (Lipinski definition) is 0. The zero-order valence-corrected chi connectivity index (χ0v) is 5.14. The molecule has 0 fully saturated rings. The number of halogens is 1. The Morgan fingerprint density at radius 3 is 2.86 bits per heavy atom. The zero-order valence-electron chi connectivity index (χ0n) is 3.56. The van der Waals surface area contributed by atoms with Crippen LogP contribution in [0.5, 0.6) is 0 Å². The highest BCUT2D eigenvalue weighted by Crippen LogP contribution is 2.02. The predicted octanol–water partition coefficient (Wildman–Crippen LogP) is 1.64. The van der Waals surface area contributed by atoms with Crippen molar-refractivity contribution in [2.45, 2.75) is 0 Å². The van der Waals surface area contributed by atoms with Crippen molar-refractivity contribution >= 4 is 15.9 Å². The highest BCUT2D eigenvalue weighted by Gasteiger charge is 1.76. The van der Waals surface area contributed by atoms with Crippen molar-refractivity contribution in [2.75, 3.05) is 0 Å². The van der Waals surface area contributed by atoms with Gasteiger partial charge in [0.25, 0.3) is 0 Å². The van der Waals surface area contributed by atoms with E-state index in [1.807, 2.05) is 6.07 Å². The number of aromatic nitrogens is 1. The molecule has 0 atom stereocenters. The molecule has 2 heteroatoms. The van der Waals surface area contributed by atoms with E-state index in [1.54, 1.807) is 12.4 Å². The van der Waals surface area contributed by atoms with Gasteiger partial charge in [-0.05, 0) is 6.07 Å². The summed E-state index contributed by atoms with van der Waals surface area (Å²) in [5, 5.41) is 0. The van der Waals surface area contributed by atoms with Crippen molar-refractivity contribution < 1.29 is 0 Å². The summed E-state index contributed by atoms with van der Waals surface area (Å²) in [4.78, 5) is 3.76. The molecule has 1 nitrogen and oxygen atoms in total. The van der Waals surface area contributed by atoms with Crippen LogP contribution < -0.4 is 0 Å². The van der Waals surface area contributed by atoms with Gasteiger partial charge in [0.15, 0.2) is 0 Å². The summed E-state index contributed by atoms with van der Waals surface area (Å²) in [6, 6.07) is 4.67. The van der Waals surface area contributed by atoms with E-state index in [0.717, 1.165) is 4.47 Å². The second-order valence-corrected chi connectivity index (χ2v) is 1.94. The van der Waals surface area contributed by atoms with E-state index in [1.165, 1.54) is 0 Å². The van der Waals surface area contributed by atoms with Gasteiger partial charge in [-0.2, -0.15) is 0 Å². The van der Waals surface area contributed by atoms with Gasteiger partial charge in [0, 0.05) is 22.9 Å². The van der Waals surface area contributed by atoms with E-state index >= 15 is 0 Å². The number of nitrogens with zero attached hydrogens (tertiary/aromatic N) is 1. The molecule has 0 aliphatic rings. The SMILES string of the molecule is Brc1[c]cncc1. The molecule has 0 aliphatic carbocycles. The summed E-state index contributed by atoms with van der Waals surface area (Å²) >= 11 is 3.22. The monoisotopic (exact) mass is 156 g/mol. The lowest BCUT2D eigenvalue weighted by Crippen LogP contribution is -1.64. The van der Waals surface area contributed by atoms with Crippen molar-refractivity contribution in [3.63, 3.8) is 0 Å². The van der Waals surface area contributed by atoms with Crippen molar-refractivity contribution in [1.82, 2.24) is 4.98 Å². The molecule has 0 amide bonds. The number of hydrogen-bond acceptors (Lipinski definition) is 1. The fourth-order valence-electron chi connectivity index (χ4n) is 0.299. The highest BCUT2D eigenvalue weighted by molar-refractivity contribution is 9.10. The Morgan fingerprint density at radius 2 is 2.57 bits per heavy atom. The van der Waals surface area contributed by atoms with Crippen molar-refractivity contribution in [1.29, 1.82) is 0 Å². The lowest BCUT2D eigenvalue weighted by molar-refractivity contribution is 1.31. The first kappa shape index (κ1) is 4.78. The molecule has 0 aliphatic heterocycles. The topological polar surface area (TPSA) is 12.9 Å². The van der Waals surface area contributed by atoms with Crippen LogP contribution in [0.3, 0.4) is 0 Å². The van der Waals surface area contributed by atoms with Gasteiger partial charge < -0.3 is 0 Å². The molecule has 0 bridgehead atoms. The fraction of sp³-hybridized carbons (Fsp3) is 0. The normalized spacial score (nSPS) is 8.71. The summed E-state index contributed by atoms with van der Waals surface area (Å²) in [5.41, 5.74) is 0. The Bertz CT molecular complexity index is 138. The fourth-order valence-corrected chi connectivity index (χ4v) is 0.519. The quantitative estimate of drug-likeness (QED) is 0.557. The molecule has 0 unspecified atom stereocenters. The van der Waals surface area contributed by atoms with Crippen molar-refractivity contribution in [2.24, 2.45) is 0 Å². The molecule has 0 spiro atoms. The van der Waals surface area contributed by atoms with E-state index in [-0.39, 0.29) is 0 Å². The van der Waals surface area contributed by atoms with Crippen LogP contribution in [0.4, 0.5) is 0 Å². The Morgan fingerprint density at radius 1 is 1.71 bits per heavy atom. The van der Waals surface area contributed by atoms with E-state index in [0.29, 0.717) is 0 Å². The van der Waals surface area contributed by atoms with E-state index in [4.69, 9.17) is 0 Å². The summed E-state index contributed by atoms with van der Waals surface area (Å²) in [5.74, 6) is 0. The van der Waals surface area contributed by atoms with Gasteiger partial charge in [0.2, 0.25) is 0 Å². The Hall–Kier alpha value is -0.370. The third-order valence-corrected chi connectivity index (χ3v) is 1.08. The largest absolute Gasteiger partial charge is 0.264 e. The average Bonchev–Trinajstić information content (AvgIpc) is 1.69. The Labute approximate surface area is 50.5 Å². The maximum absolute atomic E-state index is 3.76. The lowest BCUT2D eigenvalue weighted by Gasteiger charge is -1.79. The van der Waals surface area contributed by atoms with Crippen LogP contribution in [0.25, 0.3) is 0 Å². The maximum Gasteiger partial charge on any atom is 0.0358 e. The zero-order chi connectivity index (χ0) is 5.11. The van der Waals surface area contributed by atoms with Crippen molar-refractivity contribution in [3.8, 4) is 0 Å². The summed E-state index contributed by atoms with van der Waals surface area (Å²) in [6.45, 7) is 0. The maximum atomic E-state index is 3.76. The van der Waals surface area contributed by atoms with Gasteiger partial charge in [0.1, 0.15) is 0 Å². The third-order valence-electron chi connectivity index (χ3n) is 0.584. The van der Waals surface area contributed by atoms with Gasteiger partial charge in [-0.1, -0.05) is 15.9 Å². The number of pyridine rings is 1. The Kier molecular flexibility index (Phi) is 1.42. The lowest BCUT2D eigenvalue weighted by atomic mass is 10.5. The standard InChI is InChI=1S/C5H3BrN/c6-5-1-3-7-4-2-5/h1,3-4H. The van der Waals surface area contributed by atoms with Crippen LogP contribution in [0.1, 0.15) is 0 Å². The second kappa shape index (κ2) is 2.07. The molecule has 0 N–H and O–H groups in total. The molecule has 1 aromatic rings. The molecule has 1 radical (unpaired) electrons. The minimum Gasteiger partial charge on any atom is -0.264 e. The van der Waals surface area contributed by atoms with Crippen LogP contribution in [0.15, 0.2) is 22.9 Å². The molecule has 0 saturated carbocycles. The van der Waals surface area contributed by atoms with Gasteiger partial charge in [0.05, 0.1) is 0 Å². The molecule has 7 heavy (non-hydrogen) atoms. The third kappa shape index (κ3) is 1.27. The average molecular weight is 157 g/mol. The van der Waals surface area contributed by atoms with Crippen LogP contribution in [-0.2, 0) is 0 Å². The summed E-state index contributed by atoms with van der Waals surface area (Å²) in [7, 11) is 0. The van der Waals surface area contributed by atoms with Crippen LogP contribution >= 0.6 is 15.9 Å². The first-order valence-electron chi connectivity index (χ1n) is 1.87. The second-order valence-electron chi connectivity index (χ2n) is 1.09. The van der Waals surface area contributed by atoms with E-state index in [9.17, 15) is 0 Å². The smallest absolute Gasteiger partial charge is 0.0358 e. The van der Waals surface area contributed by atoms with Crippen LogP contribution in [-0.4, -0.2) is 4.98 Å². The molecule has 1 heterocycles. The van der Waals surface area contributed by atoms with Gasteiger partial charge in [-0.15, -0.1) is 0 Å². The molecule has 35 valence electrons. The predicted molar refractivity (Wildman–Crippen MR) is 30.8 cm³/mol. The van der Waals surface area contributed by atoms with Gasteiger partial charge in [-0.25, -0.2) is 0 Å². The molecular weight excluding hydrogens is 154 g/mol. The van der Waals surface area contributed by atoms with Crippen LogP contribution in [0, 0.1) is 6.07 Å². The van der Waals surface area contributed by atoms with Crippen molar-refractivity contribution in [3.05, 3.63) is 29.0 Å². The van der Waals surface area contributed by atoms with Crippen LogP contribution in [0.2, 0.25) is 0 Å². The molecule has 0 aromatic carbocycles. The molecule has 1 rings (SSSR count). The minimum atomic E-state index is 0.947. The first-order valence-corrected chi connectivity index (χ1v) is 2.66. The molecule has 0 saturated heterocycles. The first-order chi connectivity index (χ1) is 3.39. The highest BCUT2D eigenvalue weighted by atomic mass is 79.9. The van der Waals surface area contributed by atoms with Gasteiger partial charge >= 0.3 is 0 Å². The molecular formula is C5H3BrN. The Balaban J connectivity index is 3.02. The van der Waals surface area contributed by atoms with E-state index < -0.39 is 0 Å².